The van der Waals surface area contributed by atoms with E-state index in [-0.39, 0.29) is 6.03 Å². The highest BCUT2D eigenvalue weighted by atomic mass is 16.2. The van der Waals surface area contributed by atoms with E-state index in [1.54, 1.807) is 29.4 Å². The zero-order valence-corrected chi connectivity index (χ0v) is 18.3. The molecule has 1 aromatic carbocycles. The van der Waals surface area contributed by atoms with Crippen molar-refractivity contribution in [1.29, 1.82) is 0 Å². The van der Waals surface area contributed by atoms with Gasteiger partial charge in [0.05, 0.1) is 22.8 Å². The molecule has 0 radical (unpaired) electrons. The molecule has 2 amide bonds. The lowest BCUT2D eigenvalue weighted by Crippen LogP contribution is -2.37. The third kappa shape index (κ3) is 4.29. The van der Waals surface area contributed by atoms with Crippen molar-refractivity contribution in [2.45, 2.75) is 6.42 Å². The van der Waals surface area contributed by atoms with E-state index in [1.807, 2.05) is 24.3 Å². The molecule has 5 rings (SSSR count). The summed E-state index contributed by atoms with van der Waals surface area (Å²) in [6, 6.07) is 11.0. The molecule has 4 heterocycles. The number of rotatable bonds is 5. The predicted molar refractivity (Wildman–Crippen MR) is 133 cm³/mol. The second kappa shape index (κ2) is 9.02. The van der Waals surface area contributed by atoms with Gasteiger partial charge in [-0.05, 0) is 48.4 Å². The quantitative estimate of drug-likeness (QED) is 0.230. The molecule has 0 unspecified atom stereocenters. The van der Waals surface area contributed by atoms with Crippen molar-refractivity contribution >= 4 is 51.7 Å². The lowest BCUT2D eigenvalue weighted by molar-refractivity contribution is -0.104. The summed E-state index contributed by atoms with van der Waals surface area (Å²) < 4.78 is 0. The lowest BCUT2D eigenvalue weighted by atomic mass is 10.1. The summed E-state index contributed by atoms with van der Waals surface area (Å²) >= 11 is 0. The molecule has 3 aromatic heterocycles. The summed E-state index contributed by atoms with van der Waals surface area (Å²) in [4.78, 5) is 30.5. The minimum absolute atomic E-state index is 0.144. The van der Waals surface area contributed by atoms with Crippen LogP contribution in [0.2, 0.25) is 0 Å². The van der Waals surface area contributed by atoms with Gasteiger partial charge in [-0.25, -0.2) is 14.8 Å². The minimum Gasteiger partial charge on any atom is -0.398 e. The smallest absolute Gasteiger partial charge is 0.322 e. The number of carbonyl (C=O) groups excluding carboxylic acids is 1. The Morgan fingerprint density at radius 2 is 2.12 bits per heavy atom. The summed E-state index contributed by atoms with van der Waals surface area (Å²) in [5.74, 6) is 0.675. The van der Waals surface area contributed by atoms with Gasteiger partial charge in [-0.3, -0.25) is 10.4 Å². The molecule has 170 valence electrons. The average Bonchev–Trinajstić information content (AvgIpc) is 3.31. The number of H-pyrrole nitrogens is 1. The van der Waals surface area contributed by atoms with Gasteiger partial charge in [-0.2, -0.15) is 0 Å². The van der Waals surface area contributed by atoms with Crippen molar-refractivity contribution in [3.8, 4) is 0 Å². The van der Waals surface area contributed by atoms with Gasteiger partial charge >= 0.3 is 6.03 Å². The number of aromatic amines is 1. The Bertz CT molecular complexity index is 1390. The number of amides is 2. The number of benzene rings is 1. The molecule has 10 heteroatoms. The number of fused-ring (bicyclic) bond motifs is 1. The van der Waals surface area contributed by atoms with Gasteiger partial charge in [0.2, 0.25) is 0 Å². The number of urea groups is 1. The van der Waals surface area contributed by atoms with E-state index in [0.29, 0.717) is 30.3 Å². The molecule has 0 spiro atoms. The van der Waals surface area contributed by atoms with Crippen LogP contribution in [0.15, 0.2) is 61.2 Å². The van der Waals surface area contributed by atoms with Crippen molar-refractivity contribution in [3.05, 3.63) is 72.5 Å². The Balaban J connectivity index is 1.33. The van der Waals surface area contributed by atoms with Gasteiger partial charge in [0.25, 0.3) is 0 Å². The summed E-state index contributed by atoms with van der Waals surface area (Å²) in [7, 11) is 0. The van der Waals surface area contributed by atoms with Crippen LogP contribution >= 0.6 is 0 Å². The van der Waals surface area contributed by atoms with Gasteiger partial charge in [0.15, 0.2) is 6.21 Å². The third-order valence-corrected chi connectivity index (χ3v) is 5.71. The fraction of sp³-hybridized carbons (Fsp3) is 0.125. The Hall–Kier alpha value is -4.73. The summed E-state index contributed by atoms with van der Waals surface area (Å²) in [6.45, 7) is 1.12. The lowest BCUT2D eigenvalue weighted by Gasteiger charge is -2.26. The maximum atomic E-state index is 12.5. The first-order valence-electron chi connectivity index (χ1n) is 10.8. The third-order valence-electron chi connectivity index (χ3n) is 5.71. The Morgan fingerprint density at radius 3 is 2.88 bits per heavy atom. The van der Waals surface area contributed by atoms with Crippen LogP contribution in [0.5, 0.6) is 0 Å². The number of nitrogens with zero attached hydrogens (tertiary/aromatic N) is 4. The van der Waals surface area contributed by atoms with Crippen LogP contribution in [0.25, 0.3) is 16.6 Å². The van der Waals surface area contributed by atoms with E-state index in [4.69, 9.17) is 11.1 Å². The van der Waals surface area contributed by atoms with Crippen molar-refractivity contribution in [2.24, 2.45) is 0 Å². The van der Waals surface area contributed by atoms with E-state index in [0.717, 1.165) is 40.0 Å². The average molecular weight is 455 g/mol. The molecule has 34 heavy (non-hydrogen) atoms. The van der Waals surface area contributed by atoms with Crippen LogP contribution in [-0.2, 0) is 0 Å². The zero-order valence-electron chi connectivity index (χ0n) is 18.3. The minimum atomic E-state index is -0.144. The van der Waals surface area contributed by atoms with Crippen molar-refractivity contribution in [2.75, 3.05) is 29.5 Å². The topological polar surface area (TPSA) is 150 Å². The molecule has 0 saturated carbocycles. The van der Waals surface area contributed by atoms with Crippen LogP contribution in [0.3, 0.4) is 0 Å². The van der Waals surface area contributed by atoms with Crippen LogP contribution in [0.4, 0.5) is 27.7 Å². The summed E-state index contributed by atoms with van der Waals surface area (Å²) in [5, 5.41) is 12.7. The first-order valence-corrected chi connectivity index (χ1v) is 10.8. The standard InChI is InChI=1S/C24H23N9O/c25-12-16-10-17(3-4-20(16)26)30-22-19-11-21(32-23(19)29-14-28-22)15-5-8-33(9-6-15)24(34)31-18-2-1-7-27-13-18/h1-5,7,10-14,25H,6,8-9,26H2,(H,31,34)(H2,28,29,30,32)/p+1. The molecule has 7 N–H and O–H groups in total. The van der Waals surface area contributed by atoms with Crippen molar-refractivity contribution in [3.63, 3.8) is 0 Å². The molecule has 0 saturated heterocycles. The maximum absolute atomic E-state index is 12.5. The number of hydrogen-bond acceptors (Lipinski definition) is 6. The highest BCUT2D eigenvalue weighted by Crippen LogP contribution is 2.29. The molecular formula is C24H24N9O+. The highest BCUT2D eigenvalue weighted by molar-refractivity contribution is 5.94. The molecule has 0 aliphatic carbocycles. The number of nitrogens with two attached hydrogens (primary N) is 2. The SMILES string of the molecule is Nc1ccc(Nc2ncnc3[nH]c(C4=CCN(C(=O)Nc5cccnc5)CC4)cc23)cc1C=[NH2+]. The molecule has 4 aromatic rings. The number of hydrogen-bond donors (Lipinski definition) is 5. The van der Waals surface area contributed by atoms with Crippen molar-refractivity contribution in [1.82, 2.24) is 24.8 Å². The van der Waals surface area contributed by atoms with Crippen LogP contribution < -0.4 is 21.8 Å². The first-order chi connectivity index (χ1) is 16.6. The Morgan fingerprint density at radius 1 is 1.21 bits per heavy atom. The first kappa shape index (κ1) is 21.1. The molecular weight excluding hydrogens is 430 g/mol. The molecule has 0 fully saturated rings. The normalized spacial score (nSPS) is 13.4. The number of pyridine rings is 1. The van der Waals surface area contributed by atoms with Crippen LogP contribution in [0.1, 0.15) is 17.7 Å². The van der Waals surface area contributed by atoms with E-state index in [1.165, 1.54) is 12.5 Å². The van der Waals surface area contributed by atoms with Gasteiger partial charge in [0, 0.05) is 36.4 Å². The van der Waals surface area contributed by atoms with E-state index in [9.17, 15) is 4.79 Å². The predicted octanol–water partition coefficient (Wildman–Crippen LogP) is 2.18. The van der Waals surface area contributed by atoms with E-state index >= 15 is 0 Å². The number of nitrogens with one attached hydrogen (secondary N) is 3. The Kier molecular flexibility index (Phi) is 5.61. The van der Waals surface area contributed by atoms with Gasteiger partial charge in [-0.15, -0.1) is 0 Å². The Labute approximate surface area is 195 Å². The maximum Gasteiger partial charge on any atom is 0.322 e. The molecule has 0 bridgehead atoms. The van der Waals surface area contributed by atoms with E-state index in [2.05, 4.69) is 36.6 Å². The van der Waals surface area contributed by atoms with Gasteiger partial charge in [0.1, 0.15) is 17.8 Å². The fourth-order valence-corrected chi connectivity index (χ4v) is 3.88. The van der Waals surface area contributed by atoms with Crippen LogP contribution in [0, 0.1) is 0 Å². The molecule has 10 nitrogen and oxygen atoms in total. The number of nitrogen functional groups attached to an aromatic ring is 1. The zero-order chi connectivity index (χ0) is 23.5. The molecule has 1 aliphatic heterocycles. The summed E-state index contributed by atoms with van der Waals surface area (Å²) in [5.41, 5.74) is 11.6. The molecule has 0 atom stereocenters. The number of carbonyl (C=O) groups is 1. The van der Waals surface area contributed by atoms with Crippen molar-refractivity contribution < 1.29 is 10.2 Å². The van der Waals surface area contributed by atoms with Gasteiger partial charge < -0.3 is 26.3 Å². The number of anilines is 4. The number of aromatic nitrogens is 4. The highest BCUT2D eigenvalue weighted by Gasteiger charge is 2.20. The molecule has 1 aliphatic rings. The largest absolute Gasteiger partial charge is 0.398 e. The monoisotopic (exact) mass is 454 g/mol. The summed E-state index contributed by atoms with van der Waals surface area (Å²) in [6.07, 6.45) is 9.05. The van der Waals surface area contributed by atoms with Crippen LogP contribution in [-0.4, -0.2) is 50.2 Å². The van der Waals surface area contributed by atoms with E-state index < -0.39 is 0 Å². The van der Waals surface area contributed by atoms with Gasteiger partial charge in [-0.1, -0.05) is 6.08 Å². The second-order valence-corrected chi connectivity index (χ2v) is 7.90. The fourth-order valence-electron chi connectivity index (χ4n) is 3.88. The second-order valence-electron chi connectivity index (χ2n) is 7.90.